The van der Waals surface area contributed by atoms with Crippen LogP contribution in [0.15, 0.2) is 41.0 Å². The summed E-state index contributed by atoms with van der Waals surface area (Å²) in [5.74, 6) is 0.106. The van der Waals surface area contributed by atoms with E-state index in [0.717, 1.165) is 0 Å². The average Bonchev–Trinajstić information content (AvgIpc) is 2.42. The molecule has 0 aliphatic heterocycles. The van der Waals surface area contributed by atoms with E-state index in [0.29, 0.717) is 22.3 Å². The summed E-state index contributed by atoms with van der Waals surface area (Å²) in [5, 5.41) is 9.62. The Labute approximate surface area is 119 Å². The molecular formula is C14H13BrFNO2. The predicted molar refractivity (Wildman–Crippen MR) is 73.7 cm³/mol. The maximum absolute atomic E-state index is 13.6. The number of ether oxygens (including phenoxy) is 1. The first-order valence-corrected chi connectivity index (χ1v) is 6.66. The maximum atomic E-state index is 13.6. The zero-order valence-electron chi connectivity index (χ0n) is 10.3. The van der Waals surface area contributed by atoms with Crippen LogP contribution in [0.1, 0.15) is 25.1 Å². The van der Waals surface area contributed by atoms with Crippen LogP contribution in [0.25, 0.3) is 0 Å². The summed E-state index contributed by atoms with van der Waals surface area (Å²) in [6.07, 6.45) is 1.48. The van der Waals surface area contributed by atoms with Crippen LogP contribution in [0.4, 0.5) is 4.39 Å². The zero-order chi connectivity index (χ0) is 13.8. The second-order valence-corrected chi connectivity index (χ2v) is 4.94. The molecule has 2 rings (SSSR count). The van der Waals surface area contributed by atoms with Gasteiger partial charge < -0.3 is 9.84 Å². The van der Waals surface area contributed by atoms with E-state index in [1.54, 1.807) is 18.2 Å². The van der Waals surface area contributed by atoms with E-state index in [2.05, 4.69) is 20.9 Å². The van der Waals surface area contributed by atoms with Crippen LogP contribution in [-0.2, 0) is 0 Å². The Morgan fingerprint density at radius 3 is 2.74 bits per heavy atom. The van der Waals surface area contributed by atoms with E-state index in [9.17, 15) is 9.50 Å². The minimum atomic E-state index is -0.585. The molecule has 0 bridgehead atoms. The Morgan fingerprint density at radius 2 is 2.16 bits per heavy atom. The Morgan fingerprint density at radius 1 is 1.37 bits per heavy atom. The summed E-state index contributed by atoms with van der Waals surface area (Å²) in [7, 11) is 0. The molecule has 19 heavy (non-hydrogen) atoms. The lowest BCUT2D eigenvalue weighted by Gasteiger charge is -2.09. The molecule has 1 aromatic carbocycles. The molecule has 1 heterocycles. The van der Waals surface area contributed by atoms with E-state index >= 15 is 0 Å². The van der Waals surface area contributed by atoms with Crippen molar-refractivity contribution >= 4 is 15.9 Å². The first kappa shape index (κ1) is 14.0. The summed E-state index contributed by atoms with van der Waals surface area (Å²) in [6.45, 7) is 1.87. The number of aliphatic hydroxyl groups excluding tert-OH is 1. The highest BCUT2D eigenvalue weighted by atomic mass is 79.9. The number of benzene rings is 1. The Kier molecular flexibility index (Phi) is 4.50. The molecule has 0 fully saturated rings. The Balaban J connectivity index is 2.15. The smallest absolute Gasteiger partial charge is 0.166 e. The average molecular weight is 326 g/mol. The molecule has 1 N–H and O–H groups in total. The second-order valence-electron chi connectivity index (χ2n) is 4.02. The highest BCUT2D eigenvalue weighted by molar-refractivity contribution is 9.10. The fraction of sp³-hybridized carbons (Fsp3) is 0.214. The van der Waals surface area contributed by atoms with E-state index in [1.807, 2.05) is 6.92 Å². The fourth-order valence-corrected chi connectivity index (χ4v) is 1.88. The molecule has 2 aromatic rings. The van der Waals surface area contributed by atoms with Crippen LogP contribution < -0.4 is 4.74 Å². The van der Waals surface area contributed by atoms with Crippen molar-refractivity contribution in [3.63, 3.8) is 0 Å². The lowest BCUT2D eigenvalue weighted by Crippen LogP contribution is -1.98. The second kappa shape index (κ2) is 6.12. The van der Waals surface area contributed by atoms with Gasteiger partial charge in [0.25, 0.3) is 0 Å². The van der Waals surface area contributed by atoms with Gasteiger partial charge in [0.15, 0.2) is 11.6 Å². The molecule has 3 nitrogen and oxygen atoms in total. The minimum Gasteiger partial charge on any atom is -0.453 e. The molecule has 0 aliphatic rings. The molecule has 100 valence electrons. The third-order valence-corrected chi connectivity index (χ3v) is 3.10. The molecule has 0 saturated heterocycles. The number of hydrogen-bond donors (Lipinski definition) is 1. The summed E-state index contributed by atoms with van der Waals surface area (Å²) >= 11 is 3.18. The molecule has 0 radical (unpaired) electrons. The van der Waals surface area contributed by atoms with Crippen LogP contribution in [0.3, 0.4) is 0 Å². The number of aliphatic hydroxyl groups is 1. The topological polar surface area (TPSA) is 42.4 Å². The molecule has 1 aromatic heterocycles. The molecule has 5 heteroatoms. The molecule has 1 atom stereocenters. The number of nitrogens with zero attached hydrogens (tertiary/aromatic N) is 1. The van der Waals surface area contributed by atoms with E-state index in [4.69, 9.17) is 4.74 Å². The highest BCUT2D eigenvalue weighted by Crippen LogP contribution is 2.27. The van der Waals surface area contributed by atoms with Crippen LogP contribution in [0, 0.1) is 5.82 Å². The van der Waals surface area contributed by atoms with Gasteiger partial charge in [0.05, 0.1) is 18.0 Å². The zero-order valence-corrected chi connectivity index (χ0v) is 11.9. The van der Waals surface area contributed by atoms with Gasteiger partial charge in [-0.3, -0.25) is 4.98 Å². The summed E-state index contributed by atoms with van der Waals surface area (Å²) in [4.78, 5) is 4.09. The lowest BCUT2D eigenvalue weighted by atomic mass is 10.2. The summed E-state index contributed by atoms with van der Waals surface area (Å²) < 4.78 is 19.6. The first-order chi connectivity index (χ1) is 9.10. The standard InChI is InChI=1S/C14H13BrFNO2/c1-2-13(18)12-5-4-10(8-17-12)19-14-6-3-9(15)7-11(14)16/h3-8,13,18H,2H2,1H3. The van der Waals surface area contributed by atoms with Crippen molar-refractivity contribution in [3.05, 3.63) is 52.5 Å². The number of pyridine rings is 1. The van der Waals surface area contributed by atoms with E-state index in [-0.39, 0.29) is 5.75 Å². The van der Waals surface area contributed by atoms with Gasteiger partial charge in [-0.25, -0.2) is 4.39 Å². The predicted octanol–water partition coefficient (Wildman–Crippen LogP) is 4.22. The van der Waals surface area contributed by atoms with Gasteiger partial charge in [-0.1, -0.05) is 22.9 Å². The van der Waals surface area contributed by atoms with Crippen molar-refractivity contribution in [2.75, 3.05) is 0 Å². The van der Waals surface area contributed by atoms with Crippen molar-refractivity contribution < 1.29 is 14.2 Å². The molecular weight excluding hydrogens is 313 g/mol. The number of halogens is 2. The fourth-order valence-electron chi connectivity index (χ4n) is 1.54. The molecule has 0 spiro atoms. The van der Waals surface area contributed by atoms with Gasteiger partial charge in [0.2, 0.25) is 0 Å². The van der Waals surface area contributed by atoms with Crippen molar-refractivity contribution in [1.82, 2.24) is 4.98 Å². The quantitative estimate of drug-likeness (QED) is 0.915. The van der Waals surface area contributed by atoms with Crippen molar-refractivity contribution in [1.29, 1.82) is 0 Å². The van der Waals surface area contributed by atoms with Crippen molar-refractivity contribution in [3.8, 4) is 11.5 Å². The summed E-state index contributed by atoms with van der Waals surface area (Å²) in [5.41, 5.74) is 0.575. The minimum absolute atomic E-state index is 0.133. The van der Waals surface area contributed by atoms with Gasteiger partial charge in [0.1, 0.15) is 5.75 Å². The largest absolute Gasteiger partial charge is 0.453 e. The highest BCUT2D eigenvalue weighted by Gasteiger charge is 2.08. The van der Waals surface area contributed by atoms with Crippen LogP contribution in [0.2, 0.25) is 0 Å². The van der Waals surface area contributed by atoms with E-state index < -0.39 is 11.9 Å². The SMILES string of the molecule is CCC(O)c1ccc(Oc2ccc(Br)cc2F)cn1. The maximum Gasteiger partial charge on any atom is 0.166 e. The number of rotatable bonds is 4. The molecule has 0 aliphatic carbocycles. The number of hydrogen-bond acceptors (Lipinski definition) is 3. The van der Waals surface area contributed by atoms with Crippen molar-refractivity contribution in [2.24, 2.45) is 0 Å². The molecule has 0 amide bonds. The molecule has 1 unspecified atom stereocenters. The third kappa shape index (κ3) is 3.52. The lowest BCUT2D eigenvalue weighted by molar-refractivity contribution is 0.169. The monoisotopic (exact) mass is 325 g/mol. The number of aromatic nitrogens is 1. The van der Waals surface area contributed by atoms with Crippen LogP contribution >= 0.6 is 15.9 Å². The van der Waals surface area contributed by atoms with E-state index in [1.165, 1.54) is 18.3 Å². The Hall–Kier alpha value is -1.46. The Bertz CT molecular complexity index is 560. The summed E-state index contributed by atoms with van der Waals surface area (Å²) in [6, 6.07) is 7.89. The third-order valence-electron chi connectivity index (χ3n) is 2.61. The van der Waals surface area contributed by atoms with Gasteiger partial charge >= 0.3 is 0 Å². The van der Waals surface area contributed by atoms with Gasteiger partial charge in [-0.2, -0.15) is 0 Å². The normalized spacial score (nSPS) is 12.2. The van der Waals surface area contributed by atoms with Gasteiger partial charge in [-0.05, 0) is 36.8 Å². The van der Waals surface area contributed by atoms with Gasteiger partial charge in [-0.15, -0.1) is 0 Å². The van der Waals surface area contributed by atoms with Crippen LogP contribution in [-0.4, -0.2) is 10.1 Å². The van der Waals surface area contributed by atoms with Gasteiger partial charge in [0, 0.05) is 4.47 Å². The first-order valence-electron chi connectivity index (χ1n) is 5.87. The molecule has 0 saturated carbocycles. The van der Waals surface area contributed by atoms with Crippen LogP contribution in [0.5, 0.6) is 11.5 Å². The van der Waals surface area contributed by atoms with Crippen molar-refractivity contribution in [2.45, 2.75) is 19.4 Å².